The Morgan fingerprint density at radius 1 is 1.17 bits per heavy atom. The highest BCUT2D eigenvalue weighted by molar-refractivity contribution is 7.94. The van der Waals surface area contributed by atoms with E-state index in [1.54, 1.807) is 0 Å². The van der Waals surface area contributed by atoms with Gasteiger partial charge in [-0.15, -0.1) is 0 Å². The van der Waals surface area contributed by atoms with Gasteiger partial charge in [0.25, 0.3) is 11.6 Å². The van der Waals surface area contributed by atoms with Crippen LogP contribution in [-0.2, 0) is 14.6 Å². The monoisotopic (exact) mass is 450 g/mol. The van der Waals surface area contributed by atoms with Gasteiger partial charge in [0.15, 0.2) is 9.84 Å². The number of benzene rings is 2. The van der Waals surface area contributed by atoms with E-state index in [-0.39, 0.29) is 21.9 Å². The van der Waals surface area contributed by atoms with Gasteiger partial charge < -0.3 is 9.64 Å². The van der Waals surface area contributed by atoms with Crippen LogP contribution in [0.15, 0.2) is 53.9 Å². The van der Waals surface area contributed by atoms with Crippen LogP contribution in [0.25, 0.3) is 0 Å². The summed E-state index contributed by atoms with van der Waals surface area (Å²) in [6.45, 7) is 0. The van der Waals surface area contributed by atoms with Crippen LogP contribution in [0.2, 0.25) is 5.02 Å². The first-order chi connectivity index (χ1) is 14.1. The minimum absolute atomic E-state index is 0.0409. The fraction of sp³-hybridized carbons (Fsp3) is 0.158. The summed E-state index contributed by atoms with van der Waals surface area (Å²) < 4.78 is 28.5. The third-order valence-corrected chi connectivity index (χ3v) is 6.12. The van der Waals surface area contributed by atoms with Crippen molar-refractivity contribution in [1.29, 1.82) is 0 Å². The Hall–Kier alpha value is -3.24. The summed E-state index contributed by atoms with van der Waals surface area (Å²) in [7, 11) is -2.27. The van der Waals surface area contributed by atoms with Gasteiger partial charge in [0.2, 0.25) is 0 Å². The molecule has 2 aromatic rings. The zero-order chi connectivity index (χ0) is 22.1. The van der Waals surface area contributed by atoms with Crippen LogP contribution < -0.4 is 4.90 Å². The summed E-state index contributed by atoms with van der Waals surface area (Å²) in [5, 5.41) is 12.1. The van der Waals surface area contributed by atoms with Crippen molar-refractivity contribution in [3.05, 3.63) is 80.2 Å². The fourth-order valence-electron chi connectivity index (χ4n) is 2.98. The Morgan fingerprint density at radius 3 is 2.33 bits per heavy atom. The minimum Gasteiger partial charge on any atom is -0.465 e. The molecule has 30 heavy (non-hydrogen) atoms. The maximum Gasteiger partial charge on any atom is 0.337 e. The lowest BCUT2D eigenvalue weighted by Crippen LogP contribution is -2.41. The molecule has 0 aromatic heterocycles. The van der Waals surface area contributed by atoms with E-state index < -0.39 is 38.4 Å². The number of hydrogen-bond donors (Lipinski definition) is 0. The number of carbonyl (C=O) groups excluding carboxylic acids is 2. The van der Waals surface area contributed by atoms with Crippen molar-refractivity contribution in [2.24, 2.45) is 0 Å². The number of hydrogen-bond acceptors (Lipinski definition) is 7. The number of rotatable bonds is 5. The molecule has 1 unspecified atom stereocenters. The maximum atomic E-state index is 13.2. The largest absolute Gasteiger partial charge is 0.465 e. The Balaban J connectivity index is 2.05. The van der Waals surface area contributed by atoms with Crippen molar-refractivity contribution in [1.82, 2.24) is 0 Å². The van der Waals surface area contributed by atoms with Gasteiger partial charge in [0, 0.05) is 22.7 Å². The first kappa shape index (κ1) is 21.5. The van der Waals surface area contributed by atoms with Crippen LogP contribution in [0.1, 0.15) is 20.7 Å². The SMILES string of the molecule is COC(=O)c1ccc(N(C(=O)c2ccc(Cl)c([N+](=O)[O-])c2)C2C=CS(=O)(=O)C2)cc1. The standard InChI is InChI=1S/C19H15ClN2O7S/c1-29-19(24)12-2-5-14(6-3-12)21(15-8-9-30(27,28)11-15)18(23)13-4-7-16(20)17(10-13)22(25)26/h2-10,15H,11H2,1H3. The lowest BCUT2D eigenvalue weighted by molar-refractivity contribution is -0.384. The molecule has 156 valence electrons. The summed E-state index contributed by atoms with van der Waals surface area (Å²) in [5.41, 5.74) is 0.0568. The van der Waals surface area contributed by atoms with Gasteiger partial charge in [-0.2, -0.15) is 0 Å². The van der Waals surface area contributed by atoms with Gasteiger partial charge in [-0.3, -0.25) is 14.9 Å². The highest BCUT2D eigenvalue weighted by Crippen LogP contribution is 2.29. The summed E-state index contributed by atoms with van der Waals surface area (Å²) >= 11 is 5.82. The lowest BCUT2D eigenvalue weighted by Gasteiger charge is -2.28. The average Bonchev–Trinajstić information content (AvgIpc) is 3.07. The predicted molar refractivity (Wildman–Crippen MR) is 109 cm³/mol. The number of carbonyl (C=O) groups is 2. The lowest BCUT2D eigenvalue weighted by atomic mass is 10.1. The van der Waals surface area contributed by atoms with Gasteiger partial charge in [-0.25, -0.2) is 13.2 Å². The predicted octanol–water partition coefficient (Wildman–Crippen LogP) is 2.99. The minimum atomic E-state index is -3.50. The molecular weight excluding hydrogens is 436 g/mol. The molecule has 0 N–H and O–H groups in total. The van der Waals surface area contributed by atoms with Gasteiger partial charge in [0.1, 0.15) is 5.02 Å². The molecule has 1 amide bonds. The number of nitrogens with zero attached hydrogens (tertiary/aromatic N) is 2. The zero-order valence-corrected chi connectivity index (χ0v) is 17.1. The molecule has 1 aliphatic heterocycles. The number of amides is 1. The van der Waals surface area contributed by atoms with Crippen molar-refractivity contribution < 1.29 is 27.7 Å². The van der Waals surface area contributed by atoms with Crippen LogP contribution in [0.3, 0.4) is 0 Å². The average molecular weight is 451 g/mol. The second kappa shape index (κ2) is 8.25. The number of methoxy groups -OCH3 is 1. The summed E-state index contributed by atoms with van der Waals surface area (Å²) in [6.07, 6.45) is 1.37. The van der Waals surface area contributed by atoms with E-state index in [9.17, 15) is 28.1 Å². The third-order valence-electron chi connectivity index (χ3n) is 4.42. The molecule has 11 heteroatoms. The molecule has 0 aliphatic carbocycles. The maximum absolute atomic E-state index is 13.2. The van der Waals surface area contributed by atoms with Crippen LogP contribution in [0.4, 0.5) is 11.4 Å². The van der Waals surface area contributed by atoms with Crippen LogP contribution in [-0.4, -0.2) is 44.1 Å². The quantitative estimate of drug-likeness (QED) is 0.389. The first-order valence-corrected chi connectivity index (χ1v) is 10.6. The van der Waals surface area contributed by atoms with Gasteiger partial charge in [0.05, 0.1) is 29.4 Å². The Morgan fingerprint density at radius 2 is 1.80 bits per heavy atom. The molecule has 2 aromatic carbocycles. The second-order valence-corrected chi connectivity index (χ2v) is 8.70. The van der Waals surface area contributed by atoms with Gasteiger partial charge >= 0.3 is 5.97 Å². The molecule has 1 aliphatic rings. The molecular formula is C19H15ClN2O7S. The number of anilines is 1. The fourth-order valence-corrected chi connectivity index (χ4v) is 4.43. The Bertz CT molecular complexity index is 1160. The van der Waals surface area contributed by atoms with Crippen molar-refractivity contribution >= 4 is 44.7 Å². The van der Waals surface area contributed by atoms with Crippen molar-refractivity contribution in [3.8, 4) is 0 Å². The third kappa shape index (κ3) is 4.34. The van der Waals surface area contributed by atoms with Gasteiger partial charge in [-0.05, 0) is 42.5 Å². The topological polar surface area (TPSA) is 124 Å². The number of sulfone groups is 1. The van der Waals surface area contributed by atoms with Crippen molar-refractivity contribution in [2.45, 2.75) is 6.04 Å². The van der Waals surface area contributed by atoms with E-state index in [1.165, 1.54) is 54.5 Å². The van der Waals surface area contributed by atoms with Crippen molar-refractivity contribution in [2.75, 3.05) is 17.8 Å². The highest BCUT2D eigenvalue weighted by Gasteiger charge is 2.33. The summed E-state index contributed by atoms with van der Waals surface area (Å²) in [5.74, 6) is -1.57. The van der Waals surface area contributed by atoms with E-state index in [0.29, 0.717) is 5.69 Å². The summed E-state index contributed by atoms with van der Waals surface area (Å²) in [6, 6.07) is 8.54. The molecule has 3 rings (SSSR count). The first-order valence-electron chi connectivity index (χ1n) is 8.50. The molecule has 0 bridgehead atoms. The zero-order valence-electron chi connectivity index (χ0n) is 15.5. The molecule has 9 nitrogen and oxygen atoms in total. The smallest absolute Gasteiger partial charge is 0.337 e. The molecule has 0 radical (unpaired) electrons. The van der Waals surface area contributed by atoms with E-state index in [0.717, 1.165) is 11.5 Å². The number of ether oxygens (including phenoxy) is 1. The number of esters is 1. The highest BCUT2D eigenvalue weighted by atomic mass is 35.5. The van der Waals surface area contributed by atoms with Crippen molar-refractivity contribution in [3.63, 3.8) is 0 Å². The van der Waals surface area contributed by atoms with E-state index in [2.05, 4.69) is 4.74 Å². The Kier molecular flexibility index (Phi) is 5.90. The molecule has 1 heterocycles. The summed E-state index contributed by atoms with van der Waals surface area (Å²) in [4.78, 5) is 36.6. The molecule has 0 spiro atoms. The molecule has 0 fully saturated rings. The molecule has 0 saturated carbocycles. The normalized spacial score (nSPS) is 16.8. The number of halogens is 1. The Labute approximate surface area is 176 Å². The second-order valence-electron chi connectivity index (χ2n) is 6.36. The van der Waals surface area contributed by atoms with Crippen LogP contribution in [0.5, 0.6) is 0 Å². The number of nitro groups is 1. The molecule has 0 saturated heterocycles. The number of nitro benzene ring substituents is 1. The van der Waals surface area contributed by atoms with E-state index >= 15 is 0 Å². The van der Waals surface area contributed by atoms with Crippen LogP contribution >= 0.6 is 11.6 Å². The van der Waals surface area contributed by atoms with Crippen LogP contribution in [0, 0.1) is 10.1 Å². The molecule has 1 atom stereocenters. The van der Waals surface area contributed by atoms with Gasteiger partial charge in [-0.1, -0.05) is 11.6 Å². The van der Waals surface area contributed by atoms with E-state index in [1.807, 2.05) is 0 Å². The van der Waals surface area contributed by atoms with E-state index in [4.69, 9.17) is 11.6 Å².